The molecule has 6 heteroatoms. The number of pyridine rings is 1. The smallest absolute Gasteiger partial charge is 0.303 e. The molecule has 1 heterocycles. The zero-order chi connectivity index (χ0) is 16.7. The molecule has 3 N–H and O–H groups in total. The molecule has 0 atom stereocenters. The molecule has 0 bridgehead atoms. The van der Waals surface area contributed by atoms with Gasteiger partial charge in [-0.2, -0.15) is 0 Å². The quantitative estimate of drug-likeness (QED) is 0.731. The minimum atomic E-state index is -0.997. The number of carboxylic acid groups (broad SMARTS) is 1. The number of hydrogen-bond acceptors (Lipinski definition) is 4. The predicted molar refractivity (Wildman–Crippen MR) is 88.2 cm³/mol. The zero-order valence-electron chi connectivity index (χ0n) is 12.9. The van der Waals surface area contributed by atoms with Crippen LogP contribution in [0, 0.1) is 6.92 Å². The molecule has 0 aliphatic rings. The molecule has 0 aliphatic heterocycles. The van der Waals surface area contributed by atoms with Crippen LogP contribution < -0.4 is 10.6 Å². The summed E-state index contributed by atoms with van der Waals surface area (Å²) in [7, 11) is 0. The molecule has 23 heavy (non-hydrogen) atoms. The Kier molecular flexibility index (Phi) is 5.68. The first kappa shape index (κ1) is 16.5. The van der Waals surface area contributed by atoms with Crippen LogP contribution in [0.25, 0.3) is 0 Å². The number of rotatable bonds is 7. The SMILES string of the molecule is Cc1ccc(CNc2ccc(NC(=O)CCC(=O)O)nc2)cc1. The van der Waals surface area contributed by atoms with Gasteiger partial charge in [0.1, 0.15) is 5.82 Å². The number of aromatic nitrogens is 1. The first-order chi connectivity index (χ1) is 11.0. The van der Waals surface area contributed by atoms with Crippen molar-refractivity contribution in [2.24, 2.45) is 0 Å². The molecule has 1 aromatic heterocycles. The van der Waals surface area contributed by atoms with Crippen LogP contribution in [0.3, 0.4) is 0 Å². The first-order valence-corrected chi connectivity index (χ1v) is 7.30. The van der Waals surface area contributed by atoms with Crippen molar-refractivity contribution in [3.05, 3.63) is 53.7 Å². The van der Waals surface area contributed by atoms with Crippen molar-refractivity contribution in [2.75, 3.05) is 10.6 Å². The molecule has 1 amide bonds. The molecule has 120 valence electrons. The number of carboxylic acids is 1. The monoisotopic (exact) mass is 313 g/mol. The Morgan fingerprint density at radius 3 is 2.43 bits per heavy atom. The van der Waals surface area contributed by atoms with E-state index >= 15 is 0 Å². The molecule has 0 saturated carbocycles. The number of hydrogen-bond donors (Lipinski definition) is 3. The third kappa shape index (κ3) is 5.78. The summed E-state index contributed by atoms with van der Waals surface area (Å²) >= 11 is 0. The zero-order valence-corrected chi connectivity index (χ0v) is 12.9. The lowest BCUT2D eigenvalue weighted by atomic mass is 10.1. The molecule has 0 aliphatic carbocycles. The molecule has 6 nitrogen and oxygen atoms in total. The third-order valence-corrected chi connectivity index (χ3v) is 3.21. The van der Waals surface area contributed by atoms with Crippen LogP contribution in [0.15, 0.2) is 42.6 Å². The van der Waals surface area contributed by atoms with Gasteiger partial charge in [-0.1, -0.05) is 29.8 Å². The number of carbonyl (C=O) groups is 2. The Hall–Kier alpha value is -2.89. The molecule has 0 unspecified atom stereocenters. The number of carbonyl (C=O) groups excluding carboxylic acids is 1. The van der Waals surface area contributed by atoms with Gasteiger partial charge in [-0.05, 0) is 24.6 Å². The molecule has 0 saturated heterocycles. The highest BCUT2D eigenvalue weighted by Crippen LogP contribution is 2.12. The summed E-state index contributed by atoms with van der Waals surface area (Å²) in [4.78, 5) is 26.0. The summed E-state index contributed by atoms with van der Waals surface area (Å²) in [5, 5.41) is 14.3. The Morgan fingerprint density at radius 1 is 1.09 bits per heavy atom. The summed E-state index contributed by atoms with van der Waals surface area (Å²) in [5.41, 5.74) is 3.23. The van der Waals surface area contributed by atoms with Crippen molar-refractivity contribution in [2.45, 2.75) is 26.3 Å². The van der Waals surface area contributed by atoms with Gasteiger partial charge in [-0.3, -0.25) is 9.59 Å². The molecule has 1 aromatic carbocycles. The largest absolute Gasteiger partial charge is 0.481 e. The molecular formula is C17H19N3O3. The fourth-order valence-corrected chi connectivity index (χ4v) is 1.91. The fourth-order valence-electron chi connectivity index (χ4n) is 1.91. The van der Waals surface area contributed by atoms with Gasteiger partial charge >= 0.3 is 5.97 Å². The highest BCUT2D eigenvalue weighted by atomic mass is 16.4. The van der Waals surface area contributed by atoms with E-state index in [1.807, 2.05) is 13.0 Å². The lowest BCUT2D eigenvalue weighted by molar-refractivity contribution is -0.138. The van der Waals surface area contributed by atoms with Crippen molar-refractivity contribution in [1.29, 1.82) is 0 Å². The summed E-state index contributed by atoms with van der Waals surface area (Å²) in [6.45, 7) is 2.73. The normalized spacial score (nSPS) is 10.1. The summed E-state index contributed by atoms with van der Waals surface area (Å²) in [6.07, 6.45) is 1.37. The van der Waals surface area contributed by atoms with Gasteiger partial charge in [-0.25, -0.2) is 4.98 Å². The maximum absolute atomic E-state index is 11.5. The van der Waals surface area contributed by atoms with E-state index < -0.39 is 5.97 Å². The maximum atomic E-state index is 11.5. The topological polar surface area (TPSA) is 91.3 Å². The van der Waals surface area contributed by atoms with Gasteiger partial charge in [-0.15, -0.1) is 0 Å². The van der Waals surface area contributed by atoms with Gasteiger partial charge in [0.2, 0.25) is 5.91 Å². The van der Waals surface area contributed by atoms with Crippen LogP contribution >= 0.6 is 0 Å². The Labute approximate surface area is 134 Å². The fraction of sp³-hybridized carbons (Fsp3) is 0.235. The second-order valence-corrected chi connectivity index (χ2v) is 5.21. The Bertz CT molecular complexity index is 666. The highest BCUT2D eigenvalue weighted by Gasteiger charge is 2.06. The van der Waals surface area contributed by atoms with Crippen LogP contribution in [-0.4, -0.2) is 22.0 Å². The first-order valence-electron chi connectivity index (χ1n) is 7.30. The highest BCUT2D eigenvalue weighted by molar-refractivity contribution is 5.91. The van der Waals surface area contributed by atoms with Crippen LogP contribution in [-0.2, 0) is 16.1 Å². The molecular weight excluding hydrogens is 294 g/mol. The van der Waals surface area contributed by atoms with Crippen molar-refractivity contribution in [3.8, 4) is 0 Å². The van der Waals surface area contributed by atoms with E-state index in [4.69, 9.17) is 5.11 Å². The standard InChI is InChI=1S/C17H19N3O3/c1-12-2-4-13(5-3-12)10-18-14-6-7-15(19-11-14)20-16(21)8-9-17(22)23/h2-7,11,18H,8-10H2,1H3,(H,22,23)(H,19,20,21). The number of benzene rings is 1. The van der Waals surface area contributed by atoms with Crippen molar-refractivity contribution >= 4 is 23.4 Å². The number of aryl methyl sites for hydroxylation is 1. The van der Waals surface area contributed by atoms with Gasteiger partial charge in [0.05, 0.1) is 18.3 Å². The molecule has 0 radical (unpaired) electrons. The Balaban J connectivity index is 1.83. The number of amides is 1. The van der Waals surface area contributed by atoms with E-state index in [9.17, 15) is 9.59 Å². The van der Waals surface area contributed by atoms with E-state index in [0.717, 1.165) is 5.69 Å². The van der Waals surface area contributed by atoms with E-state index in [2.05, 4.69) is 39.9 Å². The minimum Gasteiger partial charge on any atom is -0.481 e. The lowest BCUT2D eigenvalue weighted by Gasteiger charge is -2.08. The average molecular weight is 313 g/mol. The number of nitrogens with one attached hydrogen (secondary N) is 2. The van der Waals surface area contributed by atoms with Crippen molar-refractivity contribution in [1.82, 2.24) is 4.98 Å². The molecule has 2 aromatic rings. The average Bonchev–Trinajstić information content (AvgIpc) is 2.54. The van der Waals surface area contributed by atoms with E-state index in [1.54, 1.807) is 12.3 Å². The van der Waals surface area contributed by atoms with Gasteiger partial charge in [0.25, 0.3) is 0 Å². The summed E-state index contributed by atoms with van der Waals surface area (Å²) in [5.74, 6) is -0.953. The van der Waals surface area contributed by atoms with Crippen molar-refractivity contribution in [3.63, 3.8) is 0 Å². The van der Waals surface area contributed by atoms with Crippen molar-refractivity contribution < 1.29 is 14.7 Å². The second kappa shape index (κ2) is 7.93. The maximum Gasteiger partial charge on any atom is 0.303 e. The minimum absolute atomic E-state index is 0.0650. The van der Waals surface area contributed by atoms with Crippen LogP contribution in [0.5, 0.6) is 0 Å². The van der Waals surface area contributed by atoms with Crippen LogP contribution in [0.4, 0.5) is 11.5 Å². The molecule has 0 fully saturated rings. The third-order valence-electron chi connectivity index (χ3n) is 3.21. The summed E-state index contributed by atoms with van der Waals surface area (Å²) < 4.78 is 0. The van der Waals surface area contributed by atoms with Gasteiger partial charge in [0.15, 0.2) is 0 Å². The van der Waals surface area contributed by atoms with E-state index in [-0.39, 0.29) is 18.7 Å². The van der Waals surface area contributed by atoms with Gasteiger partial charge < -0.3 is 15.7 Å². The molecule has 2 rings (SSSR count). The molecule has 0 spiro atoms. The van der Waals surface area contributed by atoms with Crippen LogP contribution in [0.2, 0.25) is 0 Å². The second-order valence-electron chi connectivity index (χ2n) is 5.21. The predicted octanol–water partition coefficient (Wildman–Crippen LogP) is 2.81. The Morgan fingerprint density at radius 2 is 1.83 bits per heavy atom. The lowest BCUT2D eigenvalue weighted by Crippen LogP contribution is -2.14. The number of aliphatic carboxylic acids is 1. The van der Waals surface area contributed by atoms with Crippen LogP contribution in [0.1, 0.15) is 24.0 Å². The number of anilines is 2. The van der Waals surface area contributed by atoms with E-state index in [0.29, 0.717) is 12.4 Å². The number of nitrogens with zero attached hydrogens (tertiary/aromatic N) is 1. The van der Waals surface area contributed by atoms with E-state index in [1.165, 1.54) is 11.1 Å². The summed E-state index contributed by atoms with van der Waals surface area (Å²) in [6, 6.07) is 11.7. The van der Waals surface area contributed by atoms with Gasteiger partial charge in [0, 0.05) is 13.0 Å².